The number of rotatable bonds is 7. The molecule has 0 aromatic heterocycles. The number of amides is 1. The highest BCUT2D eigenvalue weighted by Gasteiger charge is 2.12. The zero-order chi connectivity index (χ0) is 17.5. The second kappa shape index (κ2) is 8.24. The van der Waals surface area contributed by atoms with Crippen molar-refractivity contribution in [3.8, 4) is 17.2 Å². The van der Waals surface area contributed by atoms with Gasteiger partial charge in [0.1, 0.15) is 5.75 Å². The van der Waals surface area contributed by atoms with Gasteiger partial charge in [-0.05, 0) is 42.3 Å². The van der Waals surface area contributed by atoms with Crippen LogP contribution in [0.25, 0.3) is 0 Å². The van der Waals surface area contributed by atoms with Gasteiger partial charge in [0.05, 0.1) is 33.8 Å². The van der Waals surface area contributed by atoms with E-state index in [4.69, 9.17) is 14.2 Å². The van der Waals surface area contributed by atoms with E-state index >= 15 is 0 Å². The number of nitrogens with one attached hydrogen (secondary N) is 1. The third-order valence-electron chi connectivity index (χ3n) is 3.81. The average Bonchev–Trinajstić information content (AvgIpc) is 2.61. The molecule has 24 heavy (non-hydrogen) atoms. The van der Waals surface area contributed by atoms with Crippen LogP contribution in [0.4, 0.5) is 0 Å². The lowest BCUT2D eigenvalue weighted by Gasteiger charge is -2.15. The van der Waals surface area contributed by atoms with E-state index in [1.165, 1.54) is 0 Å². The van der Waals surface area contributed by atoms with E-state index in [-0.39, 0.29) is 18.4 Å². The van der Waals surface area contributed by atoms with Gasteiger partial charge in [0.15, 0.2) is 11.5 Å². The van der Waals surface area contributed by atoms with Crippen LogP contribution in [0, 0.1) is 0 Å². The summed E-state index contributed by atoms with van der Waals surface area (Å²) in [7, 11) is 4.79. The average molecular weight is 329 g/mol. The predicted octanol–water partition coefficient (Wildman–Crippen LogP) is 3.13. The van der Waals surface area contributed by atoms with Crippen LogP contribution >= 0.6 is 0 Å². The summed E-state index contributed by atoms with van der Waals surface area (Å²) in [4.78, 5) is 12.3. The highest BCUT2D eigenvalue weighted by atomic mass is 16.5. The molecule has 0 fully saturated rings. The summed E-state index contributed by atoms with van der Waals surface area (Å²) in [6.07, 6.45) is 0.279. The molecule has 1 atom stereocenters. The van der Waals surface area contributed by atoms with Crippen molar-refractivity contribution in [3.05, 3.63) is 53.6 Å². The van der Waals surface area contributed by atoms with Crippen molar-refractivity contribution in [2.75, 3.05) is 21.3 Å². The molecule has 1 N–H and O–H groups in total. The lowest BCUT2D eigenvalue weighted by Crippen LogP contribution is -2.28. The fourth-order valence-corrected chi connectivity index (χ4v) is 2.44. The Morgan fingerprint density at radius 3 is 2.21 bits per heavy atom. The molecule has 0 spiro atoms. The van der Waals surface area contributed by atoms with E-state index in [1.54, 1.807) is 27.4 Å². The van der Waals surface area contributed by atoms with Crippen molar-refractivity contribution in [2.24, 2.45) is 0 Å². The molecule has 0 saturated heterocycles. The van der Waals surface area contributed by atoms with Gasteiger partial charge in [-0.25, -0.2) is 0 Å². The SMILES string of the molecule is COc1ccc(C(C)NC(=O)Cc2ccc(OC)c(OC)c2)cc1. The van der Waals surface area contributed by atoms with E-state index in [0.29, 0.717) is 11.5 Å². The van der Waals surface area contributed by atoms with Crippen molar-refractivity contribution in [1.29, 1.82) is 0 Å². The van der Waals surface area contributed by atoms with Crippen LogP contribution in [0.5, 0.6) is 17.2 Å². The maximum atomic E-state index is 12.3. The molecule has 0 aliphatic heterocycles. The van der Waals surface area contributed by atoms with Crippen molar-refractivity contribution in [3.63, 3.8) is 0 Å². The van der Waals surface area contributed by atoms with Crippen LogP contribution in [-0.2, 0) is 11.2 Å². The highest BCUT2D eigenvalue weighted by Crippen LogP contribution is 2.27. The third kappa shape index (κ3) is 4.41. The normalized spacial score (nSPS) is 11.5. The zero-order valence-corrected chi connectivity index (χ0v) is 14.5. The molecule has 5 nitrogen and oxygen atoms in total. The molecular formula is C19H23NO4. The summed E-state index contributed by atoms with van der Waals surface area (Å²) in [6.45, 7) is 1.95. The van der Waals surface area contributed by atoms with E-state index < -0.39 is 0 Å². The standard InChI is InChI=1S/C19H23NO4/c1-13(15-6-8-16(22-2)9-7-15)20-19(21)12-14-5-10-17(23-3)18(11-14)24-4/h5-11,13H,12H2,1-4H3,(H,20,21). The number of hydrogen-bond acceptors (Lipinski definition) is 4. The summed E-state index contributed by atoms with van der Waals surface area (Å²) in [5.74, 6) is 2.01. The number of methoxy groups -OCH3 is 3. The van der Waals surface area contributed by atoms with Gasteiger partial charge in [0.25, 0.3) is 0 Å². The maximum Gasteiger partial charge on any atom is 0.224 e. The van der Waals surface area contributed by atoms with Gasteiger partial charge < -0.3 is 19.5 Å². The number of carbonyl (C=O) groups excluding carboxylic acids is 1. The maximum absolute atomic E-state index is 12.3. The molecule has 2 aromatic rings. The fourth-order valence-electron chi connectivity index (χ4n) is 2.44. The Morgan fingerprint density at radius 1 is 0.958 bits per heavy atom. The minimum atomic E-state index is -0.0800. The lowest BCUT2D eigenvalue weighted by atomic mass is 10.1. The Kier molecular flexibility index (Phi) is 6.07. The van der Waals surface area contributed by atoms with Crippen molar-refractivity contribution in [1.82, 2.24) is 5.32 Å². The van der Waals surface area contributed by atoms with Crippen LogP contribution in [0.1, 0.15) is 24.1 Å². The topological polar surface area (TPSA) is 56.8 Å². The van der Waals surface area contributed by atoms with Gasteiger partial charge in [-0.3, -0.25) is 4.79 Å². The minimum absolute atomic E-state index is 0.0504. The molecule has 0 bridgehead atoms. The van der Waals surface area contributed by atoms with Crippen LogP contribution in [0.2, 0.25) is 0 Å². The molecule has 0 saturated carbocycles. The van der Waals surface area contributed by atoms with E-state index in [2.05, 4.69) is 5.32 Å². The second-order valence-corrected chi connectivity index (χ2v) is 5.43. The summed E-state index contributed by atoms with van der Waals surface area (Å²) in [5.41, 5.74) is 1.89. The van der Waals surface area contributed by atoms with Crippen molar-refractivity contribution >= 4 is 5.91 Å². The molecule has 1 amide bonds. The molecule has 0 aliphatic rings. The first-order valence-electron chi connectivity index (χ1n) is 7.71. The summed E-state index contributed by atoms with van der Waals surface area (Å²) < 4.78 is 15.6. The van der Waals surface area contributed by atoms with Crippen LogP contribution in [0.3, 0.4) is 0 Å². The molecular weight excluding hydrogens is 306 g/mol. The smallest absolute Gasteiger partial charge is 0.224 e. The number of carbonyl (C=O) groups is 1. The fraction of sp³-hybridized carbons (Fsp3) is 0.316. The molecule has 1 unspecified atom stereocenters. The number of hydrogen-bond donors (Lipinski definition) is 1. The Balaban J connectivity index is 1.99. The van der Waals surface area contributed by atoms with E-state index in [9.17, 15) is 4.79 Å². The third-order valence-corrected chi connectivity index (χ3v) is 3.81. The largest absolute Gasteiger partial charge is 0.497 e. The van der Waals surface area contributed by atoms with Gasteiger partial charge in [-0.2, -0.15) is 0 Å². The van der Waals surface area contributed by atoms with Crippen LogP contribution in [0.15, 0.2) is 42.5 Å². The first-order valence-corrected chi connectivity index (χ1v) is 7.71. The van der Waals surface area contributed by atoms with Crippen molar-refractivity contribution < 1.29 is 19.0 Å². The van der Waals surface area contributed by atoms with Gasteiger partial charge >= 0.3 is 0 Å². The first kappa shape index (κ1) is 17.7. The predicted molar refractivity (Wildman–Crippen MR) is 92.8 cm³/mol. The molecule has 5 heteroatoms. The quantitative estimate of drug-likeness (QED) is 0.848. The zero-order valence-electron chi connectivity index (χ0n) is 14.5. The highest BCUT2D eigenvalue weighted by molar-refractivity contribution is 5.79. The van der Waals surface area contributed by atoms with Gasteiger partial charge in [0, 0.05) is 0 Å². The minimum Gasteiger partial charge on any atom is -0.497 e. The van der Waals surface area contributed by atoms with Crippen LogP contribution < -0.4 is 19.5 Å². The lowest BCUT2D eigenvalue weighted by molar-refractivity contribution is -0.121. The van der Waals surface area contributed by atoms with E-state index in [1.807, 2.05) is 43.3 Å². The summed E-state index contributed by atoms with van der Waals surface area (Å²) >= 11 is 0. The molecule has 0 heterocycles. The Hall–Kier alpha value is -2.69. The monoisotopic (exact) mass is 329 g/mol. The Morgan fingerprint density at radius 2 is 1.62 bits per heavy atom. The van der Waals surface area contributed by atoms with E-state index in [0.717, 1.165) is 16.9 Å². The van der Waals surface area contributed by atoms with Gasteiger partial charge in [-0.1, -0.05) is 18.2 Å². The number of benzene rings is 2. The molecule has 0 aliphatic carbocycles. The van der Waals surface area contributed by atoms with Gasteiger partial charge in [0.2, 0.25) is 5.91 Å². The Labute approximate surface area is 142 Å². The summed E-state index contributed by atoms with van der Waals surface area (Å²) in [5, 5.41) is 3.00. The molecule has 128 valence electrons. The second-order valence-electron chi connectivity index (χ2n) is 5.43. The molecule has 0 radical (unpaired) electrons. The molecule has 2 aromatic carbocycles. The van der Waals surface area contributed by atoms with Crippen molar-refractivity contribution in [2.45, 2.75) is 19.4 Å². The van der Waals surface area contributed by atoms with Crippen LogP contribution in [-0.4, -0.2) is 27.2 Å². The Bertz CT molecular complexity index is 682. The number of ether oxygens (including phenoxy) is 3. The van der Waals surface area contributed by atoms with Gasteiger partial charge in [-0.15, -0.1) is 0 Å². The first-order chi connectivity index (χ1) is 11.6. The summed E-state index contributed by atoms with van der Waals surface area (Å²) in [6, 6.07) is 13.0. The molecule has 2 rings (SSSR count).